The molecule has 0 saturated heterocycles. The van der Waals surface area contributed by atoms with E-state index in [-0.39, 0.29) is 25.1 Å². The van der Waals surface area contributed by atoms with Crippen LogP contribution < -0.4 is 0 Å². The number of esters is 1. The summed E-state index contributed by atoms with van der Waals surface area (Å²) < 4.78 is 15.0. The van der Waals surface area contributed by atoms with Crippen LogP contribution in [-0.4, -0.2) is 39.4 Å². The van der Waals surface area contributed by atoms with Crippen LogP contribution >= 0.6 is 0 Å². The average molecular weight is 300 g/mol. The van der Waals surface area contributed by atoms with Crippen LogP contribution in [-0.2, 0) is 23.8 Å². The lowest BCUT2D eigenvalue weighted by molar-refractivity contribution is -0.147. The van der Waals surface area contributed by atoms with Gasteiger partial charge < -0.3 is 14.2 Å². The number of hydrogen-bond acceptors (Lipinski definition) is 5. The lowest BCUT2D eigenvalue weighted by Gasteiger charge is -2.25. The Morgan fingerprint density at radius 2 is 1.90 bits per heavy atom. The van der Waals surface area contributed by atoms with Gasteiger partial charge in [-0.3, -0.25) is 9.59 Å². The molecule has 0 N–H and O–H groups in total. The van der Waals surface area contributed by atoms with Gasteiger partial charge >= 0.3 is 5.97 Å². The van der Waals surface area contributed by atoms with E-state index in [0.717, 1.165) is 12.3 Å². The third-order valence-electron chi connectivity index (χ3n) is 4.17. The number of rotatable bonds is 10. The van der Waals surface area contributed by atoms with Gasteiger partial charge in [0.25, 0.3) is 6.47 Å². The van der Waals surface area contributed by atoms with E-state index in [1.165, 1.54) is 25.7 Å². The Morgan fingerprint density at radius 1 is 1.19 bits per heavy atom. The van der Waals surface area contributed by atoms with E-state index < -0.39 is 0 Å². The van der Waals surface area contributed by atoms with Crippen LogP contribution in [0.4, 0.5) is 0 Å². The van der Waals surface area contributed by atoms with Crippen molar-refractivity contribution in [3.05, 3.63) is 0 Å². The first-order valence-electron chi connectivity index (χ1n) is 7.85. The summed E-state index contributed by atoms with van der Waals surface area (Å²) in [7, 11) is 1.57. The van der Waals surface area contributed by atoms with Gasteiger partial charge in [-0.1, -0.05) is 32.6 Å². The highest BCUT2D eigenvalue weighted by molar-refractivity contribution is 5.69. The van der Waals surface area contributed by atoms with E-state index in [4.69, 9.17) is 14.2 Å². The van der Waals surface area contributed by atoms with Crippen LogP contribution in [0.2, 0.25) is 0 Å². The average Bonchev–Trinajstić information content (AvgIpc) is 2.49. The Kier molecular flexibility index (Phi) is 9.06. The molecule has 1 aliphatic rings. The minimum atomic E-state index is -0.166. The first-order chi connectivity index (χ1) is 10.2. The highest BCUT2D eigenvalue weighted by atomic mass is 16.5. The van der Waals surface area contributed by atoms with Gasteiger partial charge in [-0.15, -0.1) is 0 Å². The second-order valence-electron chi connectivity index (χ2n) is 6.10. The maximum absolute atomic E-state index is 11.8. The highest BCUT2D eigenvalue weighted by Gasteiger charge is 2.19. The number of methoxy groups -OCH3 is 1. The van der Waals surface area contributed by atoms with Gasteiger partial charge in [0, 0.05) is 13.5 Å². The first-order valence-corrected chi connectivity index (χ1v) is 7.85. The van der Waals surface area contributed by atoms with Crippen molar-refractivity contribution in [3.8, 4) is 0 Å². The largest absolute Gasteiger partial charge is 0.467 e. The molecule has 1 atom stereocenters. The molecule has 122 valence electrons. The van der Waals surface area contributed by atoms with E-state index >= 15 is 0 Å². The SMILES string of the molecule is COCC(COC=O)COC(=O)CCC1CCC(C)CC1. The summed E-state index contributed by atoms with van der Waals surface area (Å²) in [5.41, 5.74) is 0. The maximum atomic E-state index is 11.8. The van der Waals surface area contributed by atoms with Crippen LogP contribution in [0.1, 0.15) is 45.4 Å². The van der Waals surface area contributed by atoms with E-state index in [9.17, 15) is 9.59 Å². The lowest BCUT2D eigenvalue weighted by Crippen LogP contribution is -2.23. The van der Waals surface area contributed by atoms with Crippen LogP contribution in [0.5, 0.6) is 0 Å². The summed E-state index contributed by atoms with van der Waals surface area (Å²) in [6.07, 6.45) is 6.41. The second-order valence-corrected chi connectivity index (χ2v) is 6.10. The topological polar surface area (TPSA) is 61.8 Å². The fraction of sp³-hybridized carbons (Fsp3) is 0.875. The summed E-state index contributed by atoms with van der Waals surface area (Å²) in [6, 6.07) is 0. The highest BCUT2D eigenvalue weighted by Crippen LogP contribution is 2.31. The summed E-state index contributed by atoms with van der Waals surface area (Å²) in [6.45, 7) is 3.55. The third-order valence-corrected chi connectivity index (χ3v) is 4.17. The Balaban J connectivity index is 2.15. The van der Waals surface area contributed by atoms with Gasteiger partial charge in [0.1, 0.15) is 0 Å². The van der Waals surface area contributed by atoms with Crippen LogP contribution in [0, 0.1) is 17.8 Å². The van der Waals surface area contributed by atoms with Crippen molar-refractivity contribution in [1.29, 1.82) is 0 Å². The zero-order chi connectivity index (χ0) is 15.5. The second kappa shape index (κ2) is 10.6. The Labute approximate surface area is 127 Å². The molecule has 0 amide bonds. The van der Waals surface area contributed by atoms with Crippen LogP contribution in [0.3, 0.4) is 0 Å². The Bertz CT molecular complexity index is 297. The van der Waals surface area contributed by atoms with E-state index in [2.05, 4.69) is 6.92 Å². The molecular formula is C16H28O5. The third kappa shape index (κ3) is 8.05. The fourth-order valence-corrected chi connectivity index (χ4v) is 2.78. The number of carbonyl (C=O) groups is 2. The minimum absolute atomic E-state index is 0.0975. The molecule has 0 spiro atoms. The summed E-state index contributed by atoms with van der Waals surface area (Å²) in [5.74, 6) is 1.24. The molecule has 0 aromatic heterocycles. The van der Waals surface area contributed by atoms with Gasteiger partial charge in [0.05, 0.1) is 25.7 Å². The quantitative estimate of drug-likeness (QED) is 0.458. The van der Waals surface area contributed by atoms with Gasteiger partial charge in [0.15, 0.2) is 0 Å². The van der Waals surface area contributed by atoms with E-state index in [1.807, 2.05) is 0 Å². The molecule has 0 heterocycles. The molecule has 0 bridgehead atoms. The lowest BCUT2D eigenvalue weighted by atomic mass is 9.81. The van der Waals surface area contributed by atoms with Gasteiger partial charge in [-0.2, -0.15) is 0 Å². The Morgan fingerprint density at radius 3 is 2.52 bits per heavy atom. The molecule has 5 nitrogen and oxygen atoms in total. The number of ether oxygens (including phenoxy) is 3. The molecule has 1 fully saturated rings. The van der Waals surface area contributed by atoms with Crippen molar-refractivity contribution in [1.82, 2.24) is 0 Å². The predicted octanol–water partition coefficient (Wildman–Crippen LogP) is 2.57. The Hall–Kier alpha value is -1.10. The zero-order valence-corrected chi connectivity index (χ0v) is 13.2. The van der Waals surface area contributed by atoms with Crippen LogP contribution in [0.25, 0.3) is 0 Å². The standard InChI is InChI=1S/C16H28O5/c1-13-3-5-14(6-4-13)7-8-16(18)21-11-15(9-19-2)10-20-12-17/h12-15H,3-11H2,1-2H3. The van der Waals surface area contributed by atoms with Crippen molar-refractivity contribution in [2.24, 2.45) is 17.8 Å². The first kappa shape index (κ1) is 18.0. The van der Waals surface area contributed by atoms with Crippen molar-refractivity contribution < 1.29 is 23.8 Å². The molecule has 5 heteroatoms. The predicted molar refractivity (Wildman–Crippen MR) is 78.7 cm³/mol. The van der Waals surface area contributed by atoms with Gasteiger partial charge in [-0.05, 0) is 18.3 Å². The van der Waals surface area contributed by atoms with Crippen LogP contribution in [0.15, 0.2) is 0 Å². The fourth-order valence-electron chi connectivity index (χ4n) is 2.78. The van der Waals surface area contributed by atoms with Crippen molar-refractivity contribution in [2.75, 3.05) is 26.9 Å². The van der Waals surface area contributed by atoms with Gasteiger partial charge in [0.2, 0.25) is 0 Å². The monoisotopic (exact) mass is 300 g/mol. The number of carbonyl (C=O) groups excluding carboxylic acids is 2. The molecule has 1 aliphatic carbocycles. The minimum Gasteiger partial charge on any atom is -0.467 e. The molecule has 1 saturated carbocycles. The molecule has 0 aromatic rings. The maximum Gasteiger partial charge on any atom is 0.305 e. The smallest absolute Gasteiger partial charge is 0.305 e. The number of hydrogen-bond donors (Lipinski definition) is 0. The molecular weight excluding hydrogens is 272 g/mol. The molecule has 0 radical (unpaired) electrons. The van der Waals surface area contributed by atoms with Crippen molar-refractivity contribution in [2.45, 2.75) is 45.4 Å². The summed E-state index contributed by atoms with van der Waals surface area (Å²) in [5, 5.41) is 0. The normalized spacial score (nSPS) is 23.3. The summed E-state index contributed by atoms with van der Waals surface area (Å²) in [4.78, 5) is 21.9. The van der Waals surface area contributed by atoms with Crippen molar-refractivity contribution >= 4 is 12.4 Å². The van der Waals surface area contributed by atoms with E-state index in [1.54, 1.807) is 7.11 Å². The molecule has 1 rings (SSSR count). The molecule has 21 heavy (non-hydrogen) atoms. The summed E-state index contributed by atoms with van der Waals surface area (Å²) >= 11 is 0. The zero-order valence-electron chi connectivity index (χ0n) is 13.2. The molecule has 1 unspecified atom stereocenters. The van der Waals surface area contributed by atoms with Crippen molar-refractivity contribution in [3.63, 3.8) is 0 Å². The van der Waals surface area contributed by atoms with E-state index in [0.29, 0.717) is 25.4 Å². The van der Waals surface area contributed by atoms with Gasteiger partial charge in [-0.25, -0.2) is 0 Å². The molecule has 0 aromatic carbocycles. The molecule has 0 aliphatic heterocycles.